The number of aryl methyl sites for hydroxylation is 2. The number of hydrogen-bond acceptors (Lipinski definition) is 4. The van der Waals surface area contributed by atoms with Crippen LogP contribution in [0.4, 0.5) is 4.39 Å². The molecule has 5 nitrogen and oxygen atoms in total. The number of aromatic nitrogens is 3. The second kappa shape index (κ2) is 8.07. The molecule has 1 atom stereocenters. The largest absolute Gasteiger partial charge is 0.329 e. The Morgan fingerprint density at radius 2 is 1.79 bits per heavy atom. The summed E-state index contributed by atoms with van der Waals surface area (Å²) in [6, 6.07) is 10.3. The minimum absolute atomic E-state index is 0.113. The van der Waals surface area contributed by atoms with Gasteiger partial charge in [-0.15, -0.1) is 0 Å². The van der Waals surface area contributed by atoms with Crippen LogP contribution in [0.15, 0.2) is 48.8 Å². The van der Waals surface area contributed by atoms with Crippen LogP contribution in [0.3, 0.4) is 0 Å². The van der Waals surface area contributed by atoms with E-state index in [0.717, 1.165) is 47.5 Å². The smallest absolute Gasteiger partial charge is 0.274 e. The SMILES string of the molecule is Cc1cnc(C(=O)N2CCCC[C@H]2c2cc(-c3ccc(F)cc3)cc(C)n2)cn1. The monoisotopic (exact) mass is 390 g/mol. The molecule has 2 aromatic heterocycles. The Labute approximate surface area is 169 Å². The highest BCUT2D eigenvalue weighted by Crippen LogP contribution is 2.33. The Morgan fingerprint density at radius 3 is 2.52 bits per heavy atom. The zero-order chi connectivity index (χ0) is 20.4. The molecule has 0 unspecified atom stereocenters. The van der Waals surface area contributed by atoms with E-state index in [0.29, 0.717) is 12.2 Å². The number of pyridine rings is 1. The molecule has 1 fully saturated rings. The molecule has 0 saturated carbocycles. The summed E-state index contributed by atoms with van der Waals surface area (Å²) in [6.07, 6.45) is 6.00. The van der Waals surface area contributed by atoms with E-state index in [9.17, 15) is 9.18 Å². The van der Waals surface area contributed by atoms with Gasteiger partial charge in [-0.05, 0) is 68.5 Å². The van der Waals surface area contributed by atoms with Crippen LogP contribution >= 0.6 is 0 Å². The van der Waals surface area contributed by atoms with Gasteiger partial charge in [0.05, 0.1) is 23.6 Å². The zero-order valence-electron chi connectivity index (χ0n) is 16.6. The number of carbonyl (C=O) groups is 1. The van der Waals surface area contributed by atoms with E-state index < -0.39 is 0 Å². The summed E-state index contributed by atoms with van der Waals surface area (Å²) >= 11 is 0. The van der Waals surface area contributed by atoms with Crippen molar-refractivity contribution in [3.8, 4) is 11.1 Å². The number of nitrogens with zero attached hydrogens (tertiary/aromatic N) is 4. The molecule has 1 amide bonds. The topological polar surface area (TPSA) is 59.0 Å². The van der Waals surface area contributed by atoms with Crippen molar-refractivity contribution < 1.29 is 9.18 Å². The molecule has 0 aliphatic carbocycles. The van der Waals surface area contributed by atoms with Crippen molar-refractivity contribution in [2.45, 2.75) is 39.2 Å². The van der Waals surface area contributed by atoms with Gasteiger partial charge in [-0.3, -0.25) is 14.8 Å². The van der Waals surface area contributed by atoms with E-state index in [2.05, 4.69) is 9.97 Å². The summed E-state index contributed by atoms with van der Waals surface area (Å²) in [7, 11) is 0. The number of rotatable bonds is 3. The van der Waals surface area contributed by atoms with Gasteiger partial charge < -0.3 is 4.90 Å². The molecule has 1 aromatic carbocycles. The molecule has 1 aliphatic rings. The van der Waals surface area contributed by atoms with E-state index >= 15 is 0 Å². The lowest BCUT2D eigenvalue weighted by molar-refractivity contribution is 0.0599. The van der Waals surface area contributed by atoms with Crippen molar-refractivity contribution in [1.29, 1.82) is 0 Å². The third-order valence-corrected chi connectivity index (χ3v) is 5.26. The molecule has 3 aromatic rings. The maximum atomic E-state index is 13.3. The second-order valence-corrected chi connectivity index (χ2v) is 7.48. The molecule has 1 aliphatic heterocycles. The lowest BCUT2D eigenvalue weighted by atomic mass is 9.95. The standard InChI is InChI=1S/C23H23FN4O/c1-15-11-18(17-6-8-19(24)9-7-17)12-20(27-15)22-5-3-4-10-28(22)23(29)21-14-25-16(2)13-26-21/h6-9,11-14,22H,3-5,10H2,1-2H3/t22-/m0/s1. The van der Waals surface area contributed by atoms with Crippen LogP contribution in [0.1, 0.15) is 52.9 Å². The highest BCUT2D eigenvalue weighted by atomic mass is 19.1. The van der Waals surface area contributed by atoms with E-state index in [-0.39, 0.29) is 17.8 Å². The highest BCUT2D eigenvalue weighted by Gasteiger charge is 2.30. The van der Waals surface area contributed by atoms with Crippen LogP contribution in [0.5, 0.6) is 0 Å². The number of halogens is 1. The average Bonchev–Trinajstić information content (AvgIpc) is 2.74. The van der Waals surface area contributed by atoms with Gasteiger partial charge >= 0.3 is 0 Å². The van der Waals surface area contributed by atoms with Gasteiger partial charge in [0.15, 0.2) is 0 Å². The van der Waals surface area contributed by atoms with Crippen molar-refractivity contribution in [2.75, 3.05) is 6.54 Å². The molecule has 3 heterocycles. The molecule has 1 saturated heterocycles. The van der Waals surface area contributed by atoms with E-state index in [4.69, 9.17) is 4.98 Å². The van der Waals surface area contributed by atoms with Crippen LogP contribution < -0.4 is 0 Å². The fraction of sp³-hybridized carbons (Fsp3) is 0.304. The van der Waals surface area contributed by atoms with Crippen molar-refractivity contribution in [1.82, 2.24) is 19.9 Å². The highest BCUT2D eigenvalue weighted by molar-refractivity contribution is 5.92. The van der Waals surface area contributed by atoms with Crippen molar-refractivity contribution in [2.24, 2.45) is 0 Å². The van der Waals surface area contributed by atoms with E-state index in [1.807, 2.05) is 30.9 Å². The minimum Gasteiger partial charge on any atom is -0.329 e. The predicted octanol–water partition coefficient (Wildman–Crippen LogP) is 4.66. The quantitative estimate of drug-likeness (QED) is 0.652. The first-order valence-corrected chi connectivity index (χ1v) is 9.85. The van der Waals surface area contributed by atoms with Crippen LogP contribution in [-0.2, 0) is 0 Å². The second-order valence-electron chi connectivity index (χ2n) is 7.48. The molecule has 0 N–H and O–H groups in total. The van der Waals surface area contributed by atoms with Crippen molar-refractivity contribution >= 4 is 5.91 Å². The molecule has 0 radical (unpaired) electrons. The third-order valence-electron chi connectivity index (χ3n) is 5.26. The van der Waals surface area contributed by atoms with Crippen molar-refractivity contribution in [3.63, 3.8) is 0 Å². The first-order chi connectivity index (χ1) is 14.0. The summed E-state index contributed by atoms with van der Waals surface area (Å²) in [6.45, 7) is 4.45. The van der Waals surface area contributed by atoms with E-state index in [1.54, 1.807) is 18.3 Å². The van der Waals surface area contributed by atoms with Crippen molar-refractivity contribution in [3.05, 3.63) is 77.4 Å². The Balaban J connectivity index is 1.68. The first kappa shape index (κ1) is 19.2. The van der Waals surface area contributed by atoms with Gasteiger partial charge in [0.2, 0.25) is 0 Å². The van der Waals surface area contributed by atoms with Gasteiger partial charge in [0.1, 0.15) is 11.5 Å². The van der Waals surface area contributed by atoms with Crippen LogP contribution in [0, 0.1) is 19.7 Å². The van der Waals surface area contributed by atoms with Gasteiger partial charge in [-0.25, -0.2) is 9.37 Å². The molecule has 0 spiro atoms. The Hall–Kier alpha value is -3.15. The molecular formula is C23H23FN4O. The molecule has 29 heavy (non-hydrogen) atoms. The lowest BCUT2D eigenvalue weighted by Gasteiger charge is -2.35. The predicted molar refractivity (Wildman–Crippen MR) is 109 cm³/mol. The van der Waals surface area contributed by atoms with Crippen LogP contribution in [0.2, 0.25) is 0 Å². The lowest BCUT2D eigenvalue weighted by Crippen LogP contribution is -2.39. The van der Waals surface area contributed by atoms with Crippen LogP contribution in [0.25, 0.3) is 11.1 Å². The maximum Gasteiger partial charge on any atom is 0.274 e. The number of benzene rings is 1. The number of likely N-dealkylation sites (tertiary alicyclic amines) is 1. The van der Waals surface area contributed by atoms with Gasteiger partial charge in [-0.1, -0.05) is 12.1 Å². The fourth-order valence-corrected chi connectivity index (χ4v) is 3.81. The summed E-state index contributed by atoms with van der Waals surface area (Å²) in [5, 5.41) is 0. The number of amides is 1. The average molecular weight is 390 g/mol. The summed E-state index contributed by atoms with van der Waals surface area (Å²) in [4.78, 5) is 28.2. The van der Waals surface area contributed by atoms with Gasteiger partial charge in [0, 0.05) is 18.4 Å². The van der Waals surface area contributed by atoms with Gasteiger partial charge in [0.25, 0.3) is 5.91 Å². The number of piperidine rings is 1. The molecule has 148 valence electrons. The normalized spacial score (nSPS) is 16.7. The van der Waals surface area contributed by atoms with Crippen LogP contribution in [-0.4, -0.2) is 32.3 Å². The molecular weight excluding hydrogens is 367 g/mol. The summed E-state index contributed by atoms with van der Waals surface area (Å²) < 4.78 is 13.3. The Bertz CT molecular complexity index is 1020. The Kier molecular flexibility index (Phi) is 5.34. The molecule has 0 bridgehead atoms. The third kappa shape index (κ3) is 4.16. The Morgan fingerprint density at radius 1 is 1.00 bits per heavy atom. The van der Waals surface area contributed by atoms with E-state index in [1.165, 1.54) is 18.3 Å². The molecule has 6 heteroatoms. The summed E-state index contributed by atoms with van der Waals surface area (Å²) in [5.74, 6) is -0.378. The van der Waals surface area contributed by atoms with Gasteiger partial charge in [-0.2, -0.15) is 0 Å². The maximum absolute atomic E-state index is 13.3. The number of hydrogen-bond donors (Lipinski definition) is 0. The fourth-order valence-electron chi connectivity index (χ4n) is 3.81. The minimum atomic E-state index is -0.261. The number of carbonyl (C=O) groups excluding carboxylic acids is 1. The summed E-state index contributed by atoms with van der Waals surface area (Å²) in [5.41, 5.74) is 4.76. The molecule has 4 rings (SSSR count). The first-order valence-electron chi connectivity index (χ1n) is 9.85. The zero-order valence-corrected chi connectivity index (χ0v) is 16.6.